The van der Waals surface area contributed by atoms with Crippen LogP contribution in [0.4, 0.5) is 5.69 Å². The Balaban J connectivity index is 1.05. The van der Waals surface area contributed by atoms with Gasteiger partial charge in [0.05, 0.1) is 12.2 Å². The van der Waals surface area contributed by atoms with Crippen LogP contribution in [0.5, 0.6) is 0 Å². The van der Waals surface area contributed by atoms with Crippen LogP contribution in [0.3, 0.4) is 0 Å². The van der Waals surface area contributed by atoms with Gasteiger partial charge in [0, 0.05) is 43.3 Å². The molecule has 0 spiro atoms. The van der Waals surface area contributed by atoms with Crippen LogP contribution in [0.1, 0.15) is 85.0 Å². The number of halogens is 1. The highest BCUT2D eigenvalue weighted by atomic mass is 35.5. The van der Waals surface area contributed by atoms with Gasteiger partial charge in [0.2, 0.25) is 5.91 Å². The zero-order valence-corrected chi connectivity index (χ0v) is 25.7. The van der Waals surface area contributed by atoms with Gasteiger partial charge < -0.3 is 20.0 Å². The third-order valence-electron chi connectivity index (χ3n) is 13.0. The van der Waals surface area contributed by atoms with Crippen molar-refractivity contribution in [3.8, 4) is 0 Å². The largest absolute Gasteiger partial charge is 0.393 e. The molecule has 1 amide bonds. The van der Waals surface area contributed by atoms with Crippen molar-refractivity contribution >= 4 is 23.2 Å². The van der Waals surface area contributed by atoms with E-state index in [1.165, 1.54) is 25.7 Å². The lowest BCUT2D eigenvalue weighted by molar-refractivity contribution is -0.174. The van der Waals surface area contributed by atoms with Gasteiger partial charge in [-0.1, -0.05) is 38.4 Å². The zero-order chi connectivity index (χ0) is 28.2. The summed E-state index contributed by atoms with van der Waals surface area (Å²) in [6.07, 6.45) is 9.95. The van der Waals surface area contributed by atoms with Crippen LogP contribution < -0.4 is 4.90 Å². The van der Waals surface area contributed by atoms with Gasteiger partial charge >= 0.3 is 0 Å². The van der Waals surface area contributed by atoms with Gasteiger partial charge in [0.1, 0.15) is 0 Å². The van der Waals surface area contributed by atoms with Gasteiger partial charge in [-0.25, -0.2) is 0 Å². The molecule has 40 heavy (non-hydrogen) atoms. The summed E-state index contributed by atoms with van der Waals surface area (Å²) in [6, 6.07) is 8.00. The Morgan fingerprint density at radius 2 is 1.73 bits per heavy atom. The molecular formula is C34H51ClN2O3. The van der Waals surface area contributed by atoms with Crippen molar-refractivity contribution in [3.05, 3.63) is 29.3 Å². The van der Waals surface area contributed by atoms with E-state index in [0.29, 0.717) is 47.8 Å². The Morgan fingerprint density at radius 3 is 2.48 bits per heavy atom. The number of piperazine rings is 1. The number of hydrogen-bond donors (Lipinski definition) is 2. The quantitative estimate of drug-likeness (QED) is 0.430. The smallest absolute Gasteiger partial charge is 0.222 e. The molecule has 5 fully saturated rings. The number of hydrogen-bond acceptors (Lipinski definition) is 4. The Kier molecular flexibility index (Phi) is 7.98. The first-order chi connectivity index (χ1) is 19.1. The molecule has 0 aromatic heterocycles. The minimum absolute atomic E-state index is 0.179. The summed E-state index contributed by atoms with van der Waals surface area (Å²) in [7, 11) is 0. The highest BCUT2D eigenvalue weighted by molar-refractivity contribution is 6.30. The number of aliphatic hydroxyl groups excluding tert-OH is 2. The van der Waals surface area contributed by atoms with Crippen LogP contribution in [0.25, 0.3) is 0 Å². The van der Waals surface area contributed by atoms with Crippen molar-refractivity contribution in [2.24, 2.45) is 46.3 Å². The number of fused-ring (bicyclic) bond motifs is 5. The summed E-state index contributed by atoms with van der Waals surface area (Å²) in [5, 5.41) is 22.6. The lowest BCUT2D eigenvalue weighted by Gasteiger charge is -2.62. The summed E-state index contributed by atoms with van der Waals surface area (Å²) >= 11 is 6.19. The first kappa shape index (κ1) is 28.8. The summed E-state index contributed by atoms with van der Waals surface area (Å²) in [5.74, 6) is 3.52. The van der Waals surface area contributed by atoms with Gasteiger partial charge in [-0.3, -0.25) is 4.79 Å². The second-order valence-corrected chi connectivity index (χ2v) is 15.3. The van der Waals surface area contributed by atoms with Crippen LogP contribution in [0.2, 0.25) is 5.02 Å². The average molecular weight is 571 g/mol. The fraction of sp³-hybridized carbons (Fsp3) is 0.794. The third kappa shape index (κ3) is 5.00. The van der Waals surface area contributed by atoms with E-state index in [2.05, 4.69) is 36.6 Å². The molecule has 0 bridgehead atoms. The molecule has 222 valence electrons. The monoisotopic (exact) mass is 570 g/mol. The molecule has 6 rings (SSSR count). The van der Waals surface area contributed by atoms with Crippen LogP contribution in [-0.2, 0) is 4.79 Å². The number of anilines is 1. The highest BCUT2D eigenvalue weighted by Gasteiger charge is 2.62. The Bertz CT molecular complexity index is 1080. The van der Waals surface area contributed by atoms with E-state index in [1.807, 2.05) is 18.2 Å². The van der Waals surface area contributed by atoms with Crippen LogP contribution in [0.15, 0.2) is 24.3 Å². The SMILES string of the molecule is CC(CCC(=O)N1CCN(c2cccc(Cl)c2)CC1)C1CCC2C3C(O)CC4CC(O)CCC4(C)C3CCC12C. The van der Waals surface area contributed by atoms with E-state index in [9.17, 15) is 15.0 Å². The highest BCUT2D eigenvalue weighted by Crippen LogP contribution is 2.68. The number of rotatable bonds is 5. The first-order valence-corrected chi connectivity index (χ1v) is 16.6. The Morgan fingerprint density at radius 1 is 1.00 bits per heavy atom. The van der Waals surface area contributed by atoms with E-state index < -0.39 is 0 Å². The van der Waals surface area contributed by atoms with Crippen LogP contribution >= 0.6 is 11.6 Å². The molecule has 10 unspecified atom stereocenters. The number of nitrogens with zero attached hydrogens (tertiary/aromatic N) is 2. The van der Waals surface area contributed by atoms with Crippen LogP contribution in [-0.4, -0.2) is 59.4 Å². The standard InChI is InChI=1S/C34H51ClN2O3/c1-22(7-10-31(40)37-17-15-36(16-18-37)25-6-4-5-24(35)21-25)27-8-9-28-32-29(12-14-34(27,28)3)33(2)13-11-26(38)19-23(33)20-30(32)39/h4-6,21-23,26-30,32,38-39H,7-20H2,1-3H3. The van der Waals surface area contributed by atoms with Gasteiger partial charge in [0.25, 0.3) is 0 Å². The predicted molar refractivity (Wildman–Crippen MR) is 161 cm³/mol. The molecule has 1 aliphatic heterocycles. The number of aliphatic hydroxyl groups is 2. The maximum absolute atomic E-state index is 13.2. The lowest BCUT2D eigenvalue weighted by atomic mass is 9.43. The number of carbonyl (C=O) groups is 1. The van der Waals surface area contributed by atoms with E-state index in [4.69, 9.17) is 11.6 Å². The van der Waals surface area contributed by atoms with Crippen LogP contribution in [0, 0.1) is 46.3 Å². The fourth-order valence-corrected chi connectivity index (χ4v) is 11.0. The fourth-order valence-electron chi connectivity index (χ4n) is 10.8. The molecule has 6 heteroatoms. The van der Waals surface area contributed by atoms with E-state index >= 15 is 0 Å². The minimum atomic E-state index is -0.223. The van der Waals surface area contributed by atoms with Crippen molar-refractivity contribution < 1.29 is 15.0 Å². The molecule has 2 N–H and O–H groups in total. The van der Waals surface area contributed by atoms with E-state index in [0.717, 1.165) is 69.0 Å². The van der Waals surface area contributed by atoms with E-state index in [-0.39, 0.29) is 23.0 Å². The number of carbonyl (C=O) groups excluding carboxylic acids is 1. The molecular weight excluding hydrogens is 520 g/mol. The van der Waals surface area contributed by atoms with Gasteiger partial charge in [0.15, 0.2) is 0 Å². The number of benzene rings is 1. The van der Waals surface area contributed by atoms with Crippen molar-refractivity contribution in [1.82, 2.24) is 4.90 Å². The summed E-state index contributed by atoms with van der Waals surface area (Å²) in [6.45, 7) is 10.7. The second kappa shape index (κ2) is 11.1. The van der Waals surface area contributed by atoms with Crippen molar-refractivity contribution in [2.45, 2.75) is 97.2 Å². The first-order valence-electron chi connectivity index (χ1n) is 16.2. The zero-order valence-electron chi connectivity index (χ0n) is 24.9. The Hall–Kier alpha value is -1.30. The normalized spacial score (nSPS) is 42.1. The molecule has 4 saturated carbocycles. The van der Waals surface area contributed by atoms with Gasteiger partial charge in [-0.15, -0.1) is 0 Å². The molecule has 1 aromatic rings. The van der Waals surface area contributed by atoms with Crippen molar-refractivity contribution in [2.75, 3.05) is 31.1 Å². The summed E-state index contributed by atoms with van der Waals surface area (Å²) in [5.41, 5.74) is 1.68. The maximum atomic E-state index is 13.2. The van der Waals surface area contributed by atoms with E-state index in [1.54, 1.807) is 0 Å². The molecule has 1 aromatic carbocycles. The minimum Gasteiger partial charge on any atom is -0.393 e. The maximum Gasteiger partial charge on any atom is 0.222 e. The van der Waals surface area contributed by atoms with Gasteiger partial charge in [-0.2, -0.15) is 0 Å². The summed E-state index contributed by atoms with van der Waals surface area (Å²) < 4.78 is 0. The molecule has 1 heterocycles. The number of amides is 1. The molecule has 4 aliphatic carbocycles. The molecule has 5 nitrogen and oxygen atoms in total. The third-order valence-corrected chi connectivity index (χ3v) is 13.3. The lowest BCUT2D eigenvalue weighted by Crippen LogP contribution is -2.58. The topological polar surface area (TPSA) is 64.0 Å². The molecule has 0 radical (unpaired) electrons. The predicted octanol–water partition coefficient (Wildman–Crippen LogP) is 6.40. The molecule has 5 aliphatic rings. The summed E-state index contributed by atoms with van der Waals surface area (Å²) in [4.78, 5) is 17.6. The van der Waals surface area contributed by atoms with Crippen molar-refractivity contribution in [3.63, 3.8) is 0 Å². The van der Waals surface area contributed by atoms with Crippen molar-refractivity contribution in [1.29, 1.82) is 0 Å². The second-order valence-electron chi connectivity index (χ2n) is 14.8. The molecule has 10 atom stereocenters. The average Bonchev–Trinajstić information content (AvgIpc) is 3.30. The molecule has 1 saturated heterocycles. The Labute approximate surface area is 246 Å². The van der Waals surface area contributed by atoms with Gasteiger partial charge in [-0.05, 0) is 122 Å².